The van der Waals surface area contributed by atoms with Crippen LogP contribution in [0, 0.1) is 6.92 Å². The molecule has 19 heavy (non-hydrogen) atoms. The van der Waals surface area contributed by atoms with E-state index in [1.807, 2.05) is 25.1 Å². The van der Waals surface area contributed by atoms with Gasteiger partial charge in [0.05, 0.1) is 25.3 Å². The van der Waals surface area contributed by atoms with Crippen LogP contribution in [0.15, 0.2) is 28.7 Å². The maximum Gasteiger partial charge on any atom is 0.0726 e. The van der Waals surface area contributed by atoms with Crippen molar-refractivity contribution in [1.82, 2.24) is 4.98 Å². The van der Waals surface area contributed by atoms with Crippen LogP contribution >= 0.6 is 15.9 Å². The topological polar surface area (TPSA) is 54.4 Å². The van der Waals surface area contributed by atoms with Gasteiger partial charge in [0.15, 0.2) is 0 Å². The SMILES string of the molecule is Cc1cc(NCCOCCO)c2cc(Br)ccc2n1. The van der Waals surface area contributed by atoms with Gasteiger partial charge in [-0.3, -0.25) is 4.98 Å². The minimum atomic E-state index is 0.0598. The van der Waals surface area contributed by atoms with Gasteiger partial charge in [-0.1, -0.05) is 15.9 Å². The van der Waals surface area contributed by atoms with Crippen LogP contribution in [0.4, 0.5) is 5.69 Å². The van der Waals surface area contributed by atoms with Gasteiger partial charge < -0.3 is 15.2 Å². The lowest BCUT2D eigenvalue weighted by Crippen LogP contribution is -2.11. The second-order valence-electron chi connectivity index (χ2n) is 4.24. The molecule has 0 unspecified atom stereocenters. The third-order valence-corrected chi connectivity index (χ3v) is 3.19. The van der Waals surface area contributed by atoms with E-state index >= 15 is 0 Å². The Morgan fingerprint density at radius 3 is 2.95 bits per heavy atom. The van der Waals surface area contributed by atoms with Crippen LogP contribution in [0.25, 0.3) is 10.9 Å². The fourth-order valence-corrected chi connectivity index (χ4v) is 2.26. The van der Waals surface area contributed by atoms with Gasteiger partial charge in [0.1, 0.15) is 0 Å². The van der Waals surface area contributed by atoms with Crippen molar-refractivity contribution in [3.63, 3.8) is 0 Å². The molecular weight excluding hydrogens is 308 g/mol. The van der Waals surface area contributed by atoms with E-state index in [1.165, 1.54) is 0 Å². The number of nitrogens with one attached hydrogen (secondary N) is 1. The number of ether oxygens (including phenoxy) is 1. The highest BCUT2D eigenvalue weighted by atomic mass is 79.9. The number of aryl methyl sites for hydroxylation is 1. The summed E-state index contributed by atoms with van der Waals surface area (Å²) < 4.78 is 6.27. The lowest BCUT2D eigenvalue weighted by molar-refractivity contribution is 0.0992. The Morgan fingerprint density at radius 2 is 2.16 bits per heavy atom. The molecule has 4 nitrogen and oxygen atoms in total. The zero-order valence-corrected chi connectivity index (χ0v) is 12.4. The molecule has 0 spiro atoms. The van der Waals surface area contributed by atoms with Gasteiger partial charge in [-0.2, -0.15) is 0 Å². The summed E-state index contributed by atoms with van der Waals surface area (Å²) in [5.41, 5.74) is 3.01. The number of aliphatic hydroxyl groups excluding tert-OH is 1. The molecule has 2 aromatic rings. The quantitative estimate of drug-likeness (QED) is 0.802. The zero-order valence-electron chi connectivity index (χ0n) is 10.8. The second-order valence-corrected chi connectivity index (χ2v) is 5.15. The predicted molar refractivity (Wildman–Crippen MR) is 80.6 cm³/mol. The lowest BCUT2D eigenvalue weighted by Gasteiger charge is -2.11. The van der Waals surface area contributed by atoms with Crippen molar-refractivity contribution in [1.29, 1.82) is 0 Å². The van der Waals surface area contributed by atoms with E-state index in [2.05, 4.69) is 32.3 Å². The van der Waals surface area contributed by atoms with Gasteiger partial charge in [-0.05, 0) is 31.2 Å². The van der Waals surface area contributed by atoms with Crippen LogP contribution in [-0.2, 0) is 4.74 Å². The van der Waals surface area contributed by atoms with Crippen LogP contribution in [0.2, 0.25) is 0 Å². The number of fused-ring (bicyclic) bond motifs is 1. The Balaban J connectivity index is 2.14. The largest absolute Gasteiger partial charge is 0.394 e. The summed E-state index contributed by atoms with van der Waals surface area (Å²) >= 11 is 3.48. The standard InChI is InChI=1S/C14H17BrN2O2/c1-10-8-14(16-4-6-19-7-5-18)12-9-11(15)2-3-13(12)17-10/h2-3,8-9,18H,4-7H2,1H3,(H,16,17). The molecule has 0 fully saturated rings. The third kappa shape index (κ3) is 3.89. The number of rotatable bonds is 6. The summed E-state index contributed by atoms with van der Waals surface area (Å²) in [5, 5.41) is 13.1. The number of halogens is 1. The lowest BCUT2D eigenvalue weighted by atomic mass is 10.1. The summed E-state index contributed by atoms with van der Waals surface area (Å²) in [6.07, 6.45) is 0. The molecule has 0 aliphatic rings. The number of hydrogen-bond acceptors (Lipinski definition) is 4. The van der Waals surface area contributed by atoms with Crippen LogP contribution in [0.5, 0.6) is 0 Å². The molecule has 5 heteroatoms. The van der Waals surface area contributed by atoms with Gasteiger partial charge in [-0.15, -0.1) is 0 Å². The fourth-order valence-electron chi connectivity index (χ4n) is 1.90. The molecule has 0 atom stereocenters. The minimum Gasteiger partial charge on any atom is -0.394 e. The predicted octanol–water partition coefficient (Wildman–Crippen LogP) is 2.73. The third-order valence-electron chi connectivity index (χ3n) is 2.70. The maximum absolute atomic E-state index is 8.63. The second kappa shape index (κ2) is 6.84. The molecule has 0 aliphatic heterocycles. The average molecular weight is 325 g/mol. The molecule has 1 aromatic carbocycles. The van der Waals surface area contributed by atoms with Crippen molar-refractivity contribution in [2.75, 3.05) is 31.7 Å². The number of aromatic nitrogens is 1. The maximum atomic E-state index is 8.63. The fraction of sp³-hybridized carbons (Fsp3) is 0.357. The van der Waals surface area contributed by atoms with Crippen molar-refractivity contribution in [3.8, 4) is 0 Å². The molecule has 102 valence electrons. The highest BCUT2D eigenvalue weighted by Gasteiger charge is 2.04. The van der Waals surface area contributed by atoms with Gasteiger partial charge in [0.25, 0.3) is 0 Å². The van der Waals surface area contributed by atoms with E-state index in [9.17, 15) is 0 Å². The van der Waals surface area contributed by atoms with Gasteiger partial charge in [0, 0.05) is 27.8 Å². The Labute approximate surface area is 120 Å². The zero-order chi connectivity index (χ0) is 13.7. The Bertz CT molecular complexity index is 560. The molecule has 1 heterocycles. The Kier molecular flexibility index (Phi) is 5.13. The smallest absolute Gasteiger partial charge is 0.0726 e. The van der Waals surface area contributed by atoms with Crippen LogP contribution in [-0.4, -0.2) is 36.5 Å². The first-order valence-corrected chi connectivity index (χ1v) is 6.99. The Morgan fingerprint density at radius 1 is 1.32 bits per heavy atom. The van der Waals surface area contributed by atoms with Crippen molar-refractivity contribution < 1.29 is 9.84 Å². The molecule has 2 rings (SSSR count). The molecule has 2 N–H and O–H groups in total. The summed E-state index contributed by atoms with van der Waals surface area (Å²) in [6, 6.07) is 8.07. The summed E-state index contributed by atoms with van der Waals surface area (Å²) in [5.74, 6) is 0. The number of pyridine rings is 1. The van der Waals surface area contributed by atoms with E-state index in [1.54, 1.807) is 0 Å². The van der Waals surface area contributed by atoms with Crippen LogP contribution in [0.3, 0.4) is 0 Å². The van der Waals surface area contributed by atoms with E-state index in [0.29, 0.717) is 19.8 Å². The van der Waals surface area contributed by atoms with Crippen molar-refractivity contribution in [2.24, 2.45) is 0 Å². The number of aliphatic hydroxyl groups is 1. The molecule has 0 saturated heterocycles. The van der Waals surface area contributed by atoms with Crippen molar-refractivity contribution in [3.05, 3.63) is 34.4 Å². The van der Waals surface area contributed by atoms with Gasteiger partial charge in [-0.25, -0.2) is 0 Å². The number of benzene rings is 1. The highest BCUT2D eigenvalue weighted by molar-refractivity contribution is 9.10. The molecule has 0 bridgehead atoms. The first-order valence-electron chi connectivity index (χ1n) is 6.20. The van der Waals surface area contributed by atoms with E-state index in [4.69, 9.17) is 9.84 Å². The molecule has 0 saturated carbocycles. The molecule has 0 radical (unpaired) electrons. The molecule has 0 aliphatic carbocycles. The van der Waals surface area contributed by atoms with Crippen molar-refractivity contribution >= 4 is 32.5 Å². The Hall–Kier alpha value is -1.17. The number of hydrogen-bond donors (Lipinski definition) is 2. The molecule has 1 aromatic heterocycles. The van der Waals surface area contributed by atoms with E-state index in [0.717, 1.165) is 26.8 Å². The normalized spacial score (nSPS) is 10.9. The van der Waals surface area contributed by atoms with E-state index < -0.39 is 0 Å². The summed E-state index contributed by atoms with van der Waals surface area (Å²) in [7, 11) is 0. The summed E-state index contributed by atoms with van der Waals surface area (Å²) in [6.45, 7) is 3.69. The summed E-state index contributed by atoms with van der Waals surface area (Å²) in [4.78, 5) is 4.51. The minimum absolute atomic E-state index is 0.0598. The first kappa shape index (κ1) is 14.2. The number of anilines is 1. The highest BCUT2D eigenvalue weighted by Crippen LogP contribution is 2.26. The monoisotopic (exact) mass is 324 g/mol. The first-order chi connectivity index (χ1) is 9.20. The molecule has 0 amide bonds. The van der Waals surface area contributed by atoms with Crippen LogP contribution < -0.4 is 5.32 Å². The average Bonchev–Trinajstić information content (AvgIpc) is 2.39. The molecular formula is C14H17BrN2O2. The van der Waals surface area contributed by atoms with E-state index in [-0.39, 0.29) is 6.61 Å². The number of nitrogens with zero attached hydrogens (tertiary/aromatic N) is 1. The van der Waals surface area contributed by atoms with Gasteiger partial charge >= 0.3 is 0 Å². The van der Waals surface area contributed by atoms with Gasteiger partial charge in [0.2, 0.25) is 0 Å². The van der Waals surface area contributed by atoms with Crippen molar-refractivity contribution in [2.45, 2.75) is 6.92 Å². The van der Waals surface area contributed by atoms with Crippen LogP contribution in [0.1, 0.15) is 5.69 Å².